The minimum absolute atomic E-state index is 0.0683. The van der Waals surface area contributed by atoms with Gasteiger partial charge in [-0.1, -0.05) is 25.1 Å². The Kier molecular flexibility index (Phi) is 5.20. The van der Waals surface area contributed by atoms with E-state index in [1.165, 1.54) is 12.1 Å². The van der Waals surface area contributed by atoms with E-state index in [9.17, 15) is 9.18 Å². The first-order valence-corrected chi connectivity index (χ1v) is 9.51. The molecule has 1 amide bonds. The molecule has 1 aliphatic rings. The third kappa shape index (κ3) is 3.81. The number of aromatic nitrogens is 2. The molecule has 0 spiro atoms. The lowest BCUT2D eigenvalue weighted by molar-refractivity contribution is -0.116. The zero-order chi connectivity index (χ0) is 20.4. The third-order valence-electron chi connectivity index (χ3n) is 5.13. The standard InChI is InChI=1S/C22H22FN3O3/c1-3-17-21-16(11-20(27)24-22(21)26-25-17)14-6-9-18(28-2)19(10-14)29-12-13-4-7-15(23)8-5-13/h4-10,16H,3,11-12H2,1-2H3,(H2,24,25,26,27). The predicted octanol–water partition coefficient (Wildman–Crippen LogP) is 4.17. The second kappa shape index (κ2) is 7.95. The van der Waals surface area contributed by atoms with Gasteiger partial charge in [-0.3, -0.25) is 9.89 Å². The van der Waals surface area contributed by atoms with Crippen molar-refractivity contribution in [2.45, 2.75) is 32.3 Å². The zero-order valence-corrected chi connectivity index (χ0v) is 16.3. The number of aromatic amines is 1. The number of carbonyl (C=O) groups excluding carboxylic acids is 1. The molecule has 2 heterocycles. The van der Waals surface area contributed by atoms with Crippen LogP contribution in [0.3, 0.4) is 0 Å². The van der Waals surface area contributed by atoms with E-state index < -0.39 is 0 Å². The second-order valence-electron chi connectivity index (χ2n) is 6.95. The SMILES string of the molecule is CCc1[nH]nc2c1C(c1ccc(OC)c(OCc3ccc(F)cc3)c1)CC(=O)N2. The number of nitrogens with zero attached hydrogens (tertiary/aromatic N) is 1. The maximum Gasteiger partial charge on any atom is 0.226 e. The largest absolute Gasteiger partial charge is 0.493 e. The zero-order valence-electron chi connectivity index (χ0n) is 16.3. The molecule has 2 N–H and O–H groups in total. The van der Waals surface area contributed by atoms with Crippen LogP contribution in [0.15, 0.2) is 42.5 Å². The third-order valence-corrected chi connectivity index (χ3v) is 5.13. The number of fused-ring (bicyclic) bond motifs is 1. The number of H-pyrrole nitrogens is 1. The van der Waals surface area contributed by atoms with Crippen molar-refractivity contribution in [2.24, 2.45) is 0 Å². The molecule has 150 valence electrons. The molecule has 7 heteroatoms. The summed E-state index contributed by atoms with van der Waals surface area (Å²) in [4.78, 5) is 12.2. The van der Waals surface area contributed by atoms with Gasteiger partial charge in [0.1, 0.15) is 12.4 Å². The summed E-state index contributed by atoms with van der Waals surface area (Å²) >= 11 is 0. The maximum absolute atomic E-state index is 13.1. The summed E-state index contributed by atoms with van der Waals surface area (Å²) in [5.41, 5.74) is 3.82. The molecule has 4 rings (SSSR count). The number of ether oxygens (including phenoxy) is 2. The number of aryl methyl sites for hydroxylation is 1. The molecule has 0 fully saturated rings. The highest BCUT2D eigenvalue weighted by molar-refractivity contribution is 5.94. The smallest absolute Gasteiger partial charge is 0.226 e. The molecule has 3 aromatic rings. The van der Waals surface area contributed by atoms with Gasteiger partial charge in [0.2, 0.25) is 5.91 Å². The number of amides is 1. The number of carbonyl (C=O) groups is 1. The highest BCUT2D eigenvalue weighted by Gasteiger charge is 2.31. The molecule has 1 unspecified atom stereocenters. The average molecular weight is 395 g/mol. The minimum atomic E-state index is -0.286. The Morgan fingerprint density at radius 1 is 1.17 bits per heavy atom. The molecule has 29 heavy (non-hydrogen) atoms. The van der Waals surface area contributed by atoms with Crippen molar-refractivity contribution < 1.29 is 18.7 Å². The molecule has 1 atom stereocenters. The summed E-state index contributed by atoms with van der Waals surface area (Å²) in [5, 5.41) is 10.1. The summed E-state index contributed by atoms with van der Waals surface area (Å²) in [6, 6.07) is 11.9. The van der Waals surface area contributed by atoms with Crippen molar-refractivity contribution in [1.29, 1.82) is 0 Å². The van der Waals surface area contributed by atoms with Crippen LogP contribution in [-0.2, 0) is 17.8 Å². The Labute approximate surface area is 168 Å². The van der Waals surface area contributed by atoms with Crippen LogP contribution in [0.4, 0.5) is 10.2 Å². The van der Waals surface area contributed by atoms with Crippen molar-refractivity contribution >= 4 is 11.7 Å². The van der Waals surface area contributed by atoms with Crippen LogP contribution in [0.25, 0.3) is 0 Å². The Hall–Kier alpha value is -3.35. The fourth-order valence-corrected chi connectivity index (χ4v) is 3.65. The van der Waals surface area contributed by atoms with Crippen LogP contribution in [0.5, 0.6) is 11.5 Å². The van der Waals surface area contributed by atoms with E-state index in [4.69, 9.17) is 9.47 Å². The fourth-order valence-electron chi connectivity index (χ4n) is 3.65. The number of hydrogen-bond acceptors (Lipinski definition) is 4. The van der Waals surface area contributed by atoms with E-state index in [0.29, 0.717) is 23.7 Å². The quantitative estimate of drug-likeness (QED) is 0.657. The Morgan fingerprint density at radius 2 is 1.97 bits per heavy atom. The summed E-state index contributed by atoms with van der Waals surface area (Å²) in [6.45, 7) is 2.33. The lowest BCUT2D eigenvalue weighted by Gasteiger charge is -2.24. The van der Waals surface area contributed by atoms with Crippen LogP contribution in [-0.4, -0.2) is 23.2 Å². The van der Waals surface area contributed by atoms with Crippen LogP contribution in [0, 0.1) is 5.82 Å². The van der Waals surface area contributed by atoms with Crippen LogP contribution in [0.2, 0.25) is 0 Å². The molecule has 0 radical (unpaired) electrons. The summed E-state index contributed by atoms with van der Waals surface area (Å²) < 4.78 is 24.5. The lowest BCUT2D eigenvalue weighted by atomic mass is 9.85. The van der Waals surface area contributed by atoms with Gasteiger partial charge < -0.3 is 14.8 Å². The van der Waals surface area contributed by atoms with Crippen LogP contribution in [0.1, 0.15) is 41.6 Å². The molecule has 2 aromatic carbocycles. The Bertz CT molecular complexity index is 1030. The van der Waals surface area contributed by atoms with Gasteiger partial charge in [-0.25, -0.2) is 4.39 Å². The average Bonchev–Trinajstić information content (AvgIpc) is 3.15. The highest BCUT2D eigenvalue weighted by atomic mass is 19.1. The molecule has 6 nitrogen and oxygen atoms in total. The molecule has 1 aromatic heterocycles. The van der Waals surface area contributed by atoms with E-state index >= 15 is 0 Å². The number of anilines is 1. The van der Waals surface area contributed by atoms with E-state index in [1.807, 2.05) is 25.1 Å². The van der Waals surface area contributed by atoms with Gasteiger partial charge in [0, 0.05) is 23.6 Å². The van der Waals surface area contributed by atoms with E-state index in [0.717, 1.165) is 28.8 Å². The first kappa shape index (κ1) is 19.0. The van der Waals surface area contributed by atoms with Crippen molar-refractivity contribution in [3.63, 3.8) is 0 Å². The van der Waals surface area contributed by atoms with Gasteiger partial charge in [0.15, 0.2) is 17.3 Å². The van der Waals surface area contributed by atoms with Gasteiger partial charge in [-0.15, -0.1) is 0 Å². The highest BCUT2D eigenvalue weighted by Crippen LogP contribution is 2.41. The molecule has 0 saturated heterocycles. The maximum atomic E-state index is 13.1. The van der Waals surface area contributed by atoms with E-state index in [-0.39, 0.29) is 24.2 Å². The lowest BCUT2D eigenvalue weighted by Crippen LogP contribution is -2.23. The van der Waals surface area contributed by atoms with E-state index in [2.05, 4.69) is 15.5 Å². The van der Waals surface area contributed by atoms with Crippen LogP contribution < -0.4 is 14.8 Å². The van der Waals surface area contributed by atoms with Gasteiger partial charge in [0.25, 0.3) is 0 Å². The van der Waals surface area contributed by atoms with Crippen molar-refractivity contribution in [3.8, 4) is 11.5 Å². The Morgan fingerprint density at radius 3 is 2.69 bits per heavy atom. The number of rotatable bonds is 6. The van der Waals surface area contributed by atoms with Crippen molar-refractivity contribution in [2.75, 3.05) is 12.4 Å². The molecular formula is C22H22FN3O3. The fraction of sp³-hybridized carbons (Fsp3) is 0.273. The topological polar surface area (TPSA) is 76.2 Å². The van der Waals surface area contributed by atoms with Gasteiger partial charge in [-0.2, -0.15) is 5.10 Å². The Balaban J connectivity index is 1.65. The molecule has 0 saturated carbocycles. The van der Waals surface area contributed by atoms with Gasteiger partial charge >= 0.3 is 0 Å². The summed E-state index contributed by atoms with van der Waals surface area (Å²) in [5.74, 6) is 1.29. The summed E-state index contributed by atoms with van der Waals surface area (Å²) in [7, 11) is 1.58. The molecule has 0 bridgehead atoms. The molecule has 1 aliphatic heterocycles. The van der Waals surface area contributed by atoms with E-state index in [1.54, 1.807) is 19.2 Å². The normalized spacial score (nSPS) is 15.6. The number of nitrogens with one attached hydrogen (secondary N) is 2. The van der Waals surface area contributed by atoms with Crippen LogP contribution >= 0.6 is 0 Å². The minimum Gasteiger partial charge on any atom is -0.493 e. The summed E-state index contributed by atoms with van der Waals surface area (Å²) in [6.07, 6.45) is 1.13. The number of methoxy groups -OCH3 is 1. The molecular weight excluding hydrogens is 373 g/mol. The first-order chi connectivity index (χ1) is 14.1. The van der Waals surface area contributed by atoms with Crippen molar-refractivity contribution in [1.82, 2.24) is 10.2 Å². The second-order valence-corrected chi connectivity index (χ2v) is 6.95. The predicted molar refractivity (Wildman–Crippen MR) is 107 cm³/mol. The van der Waals surface area contributed by atoms with Crippen molar-refractivity contribution in [3.05, 3.63) is 70.7 Å². The molecule has 0 aliphatic carbocycles. The number of halogens is 1. The first-order valence-electron chi connectivity index (χ1n) is 9.51. The van der Waals surface area contributed by atoms with Gasteiger partial charge in [-0.05, 0) is 41.8 Å². The number of hydrogen-bond donors (Lipinski definition) is 2. The van der Waals surface area contributed by atoms with Gasteiger partial charge in [0.05, 0.1) is 7.11 Å². The monoisotopic (exact) mass is 395 g/mol. The number of benzene rings is 2.